The van der Waals surface area contributed by atoms with Crippen molar-refractivity contribution >= 4 is 22.9 Å². The summed E-state index contributed by atoms with van der Waals surface area (Å²) in [4.78, 5) is 1.25. The summed E-state index contributed by atoms with van der Waals surface area (Å²) in [6.45, 7) is 1.68. The van der Waals surface area contributed by atoms with Crippen LogP contribution in [-0.4, -0.2) is 10.2 Å². The Morgan fingerprint density at radius 3 is 3.00 bits per heavy atom. The summed E-state index contributed by atoms with van der Waals surface area (Å²) in [5.74, 6) is 0. The van der Waals surface area contributed by atoms with E-state index in [1.807, 2.05) is 24.5 Å². The Bertz CT molecular complexity index is 382. The first-order valence-electron chi connectivity index (χ1n) is 4.27. The van der Waals surface area contributed by atoms with Gasteiger partial charge >= 0.3 is 0 Å². The standard InChI is InChI=1S/C9H10ClN3S/c10-9-2-1-8(14-9)6-11-3-7-4-12-13-5-7/h1-2,4-5,11H,3,6H2,(H,12,13). The number of H-pyrrole nitrogens is 1. The molecule has 0 fully saturated rings. The third kappa shape index (κ3) is 2.57. The van der Waals surface area contributed by atoms with Crippen LogP contribution in [0.1, 0.15) is 10.4 Å². The van der Waals surface area contributed by atoms with Crippen molar-refractivity contribution in [3.63, 3.8) is 0 Å². The Morgan fingerprint density at radius 2 is 2.36 bits per heavy atom. The van der Waals surface area contributed by atoms with Crippen LogP contribution in [-0.2, 0) is 13.1 Å². The fraction of sp³-hybridized carbons (Fsp3) is 0.222. The van der Waals surface area contributed by atoms with Gasteiger partial charge in [-0.2, -0.15) is 5.10 Å². The van der Waals surface area contributed by atoms with Crippen molar-refractivity contribution < 1.29 is 0 Å². The van der Waals surface area contributed by atoms with Gasteiger partial charge in [0.2, 0.25) is 0 Å². The first-order valence-corrected chi connectivity index (χ1v) is 5.46. The molecule has 0 aliphatic rings. The molecule has 0 aromatic carbocycles. The van der Waals surface area contributed by atoms with E-state index < -0.39 is 0 Å². The number of nitrogens with one attached hydrogen (secondary N) is 2. The highest BCUT2D eigenvalue weighted by Gasteiger charge is 1.97. The van der Waals surface area contributed by atoms with Gasteiger partial charge in [-0.15, -0.1) is 11.3 Å². The van der Waals surface area contributed by atoms with E-state index >= 15 is 0 Å². The molecule has 0 aliphatic heterocycles. The number of thiophene rings is 1. The van der Waals surface area contributed by atoms with Crippen LogP contribution in [0.15, 0.2) is 24.5 Å². The Labute approximate surface area is 91.1 Å². The molecule has 5 heteroatoms. The molecular weight excluding hydrogens is 218 g/mol. The molecule has 0 saturated heterocycles. The first kappa shape index (κ1) is 9.71. The maximum absolute atomic E-state index is 5.81. The summed E-state index contributed by atoms with van der Waals surface area (Å²) in [5.41, 5.74) is 1.16. The predicted molar refractivity (Wildman–Crippen MR) is 58.5 cm³/mol. The van der Waals surface area contributed by atoms with Gasteiger partial charge in [-0.05, 0) is 12.1 Å². The number of hydrogen-bond donors (Lipinski definition) is 2. The second-order valence-electron chi connectivity index (χ2n) is 2.92. The molecule has 0 amide bonds. The lowest BCUT2D eigenvalue weighted by Crippen LogP contribution is -2.10. The maximum Gasteiger partial charge on any atom is 0.0931 e. The predicted octanol–water partition coefficient (Wildman–Crippen LogP) is 2.41. The van der Waals surface area contributed by atoms with Gasteiger partial charge in [0, 0.05) is 29.7 Å². The first-order chi connectivity index (χ1) is 6.84. The van der Waals surface area contributed by atoms with Crippen LogP contribution < -0.4 is 5.32 Å². The van der Waals surface area contributed by atoms with Crippen LogP contribution in [0.25, 0.3) is 0 Å². The zero-order chi connectivity index (χ0) is 9.80. The summed E-state index contributed by atoms with van der Waals surface area (Å²) in [6.07, 6.45) is 3.70. The largest absolute Gasteiger partial charge is 0.308 e. The van der Waals surface area contributed by atoms with Crippen molar-refractivity contribution in [3.8, 4) is 0 Å². The summed E-state index contributed by atoms with van der Waals surface area (Å²) in [7, 11) is 0. The Kier molecular flexibility index (Phi) is 3.18. The molecule has 0 spiro atoms. The summed E-state index contributed by atoms with van der Waals surface area (Å²) in [5, 5.41) is 9.95. The van der Waals surface area contributed by atoms with Crippen molar-refractivity contribution in [1.82, 2.24) is 15.5 Å². The SMILES string of the molecule is Clc1ccc(CNCc2cn[nH]c2)s1. The fourth-order valence-electron chi connectivity index (χ4n) is 1.15. The molecule has 14 heavy (non-hydrogen) atoms. The third-order valence-electron chi connectivity index (χ3n) is 1.81. The molecule has 0 aliphatic carbocycles. The average Bonchev–Trinajstić information content (AvgIpc) is 2.77. The van der Waals surface area contributed by atoms with Crippen molar-refractivity contribution in [2.75, 3.05) is 0 Å². The molecule has 2 aromatic heterocycles. The van der Waals surface area contributed by atoms with Crippen molar-refractivity contribution in [1.29, 1.82) is 0 Å². The van der Waals surface area contributed by atoms with E-state index in [-0.39, 0.29) is 0 Å². The quantitative estimate of drug-likeness (QED) is 0.842. The second kappa shape index (κ2) is 4.59. The van der Waals surface area contributed by atoms with Gasteiger partial charge in [0.1, 0.15) is 0 Å². The smallest absolute Gasteiger partial charge is 0.0931 e. The number of aromatic amines is 1. The van der Waals surface area contributed by atoms with Crippen molar-refractivity contribution in [2.24, 2.45) is 0 Å². The molecule has 74 valence electrons. The average molecular weight is 228 g/mol. The minimum absolute atomic E-state index is 0.825. The lowest BCUT2D eigenvalue weighted by atomic mass is 10.3. The third-order valence-corrected chi connectivity index (χ3v) is 3.04. The van der Waals surface area contributed by atoms with E-state index in [0.29, 0.717) is 0 Å². The van der Waals surface area contributed by atoms with E-state index in [0.717, 1.165) is 23.0 Å². The van der Waals surface area contributed by atoms with Gasteiger partial charge in [-0.25, -0.2) is 0 Å². The Morgan fingerprint density at radius 1 is 1.43 bits per heavy atom. The molecule has 0 radical (unpaired) electrons. The zero-order valence-electron chi connectivity index (χ0n) is 7.46. The molecule has 3 nitrogen and oxygen atoms in total. The minimum atomic E-state index is 0.825. The van der Waals surface area contributed by atoms with Gasteiger partial charge in [-0.3, -0.25) is 5.10 Å². The van der Waals surface area contributed by atoms with Crippen molar-refractivity contribution in [2.45, 2.75) is 13.1 Å². The summed E-state index contributed by atoms with van der Waals surface area (Å²) in [6, 6.07) is 3.95. The van der Waals surface area contributed by atoms with Crippen LogP contribution in [0.5, 0.6) is 0 Å². The highest BCUT2D eigenvalue weighted by atomic mass is 35.5. The Balaban J connectivity index is 1.78. The van der Waals surface area contributed by atoms with E-state index in [2.05, 4.69) is 15.5 Å². The maximum atomic E-state index is 5.81. The molecule has 2 aromatic rings. The second-order valence-corrected chi connectivity index (χ2v) is 4.72. The van der Waals surface area contributed by atoms with E-state index in [9.17, 15) is 0 Å². The molecule has 2 N–H and O–H groups in total. The van der Waals surface area contributed by atoms with Gasteiger partial charge in [0.25, 0.3) is 0 Å². The van der Waals surface area contributed by atoms with Crippen LogP contribution in [0.3, 0.4) is 0 Å². The molecule has 2 heterocycles. The van der Waals surface area contributed by atoms with Crippen LogP contribution in [0, 0.1) is 0 Å². The van der Waals surface area contributed by atoms with Crippen LogP contribution in [0.4, 0.5) is 0 Å². The van der Waals surface area contributed by atoms with E-state index in [1.165, 1.54) is 4.88 Å². The number of aromatic nitrogens is 2. The number of rotatable bonds is 4. The molecule has 0 bridgehead atoms. The highest BCUT2D eigenvalue weighted by molar-refractivity contribution is 7.16. The van der Waals surface area contributed by atoms with Gasteiger partial charge in [0.05, 0.1) is 10.5 Å². The lowest BCUT2D eigenvalue weighted by Gasteiger charge is -1.99. The van der Waals surface area contributed by atoms with Crippen molar-refractivity contribution in [3.05, 3.63) is 39.3 Å². The minimum Gasteiger partial charge on any atom is -0.308 e. The van der Waals surface area contributed by atoms with Gasteiger partial charge in [-0.1, -0.05) is 11.6 Å². The fourth-order valence-corrected chi connectivity index (χ4v) is 2.21. The zero-order valence-corrected chi connectivity index (χ0v) is 9.03. The van der Waals surface area contributed by atoms with Crippen LogP contribution in [0.2, 0.25) is 4.34 Å². The lowest BCUT2D eigenvalue weighted by molar-refractivity contribution is 0.701. The van der Waals surface area contributed by atoms with E-state index in [4.69, 9.17) is 11.6 Å². The number of halogens is 1. The number of hydrogen-bond acceptors (Lipinski definition) is 3. The molecule has 2 rings (SSSR count). The highest BCUT2D eigenvalue weighted by Crippen LogP contribution is 2.20. The monoisotopic (exact) mass is 227 g/mol. The summed E-state index contributed by atoms with van der Waals surface area (Å²) >= 11 is 7.42. The molecule has 0 unspecified atom stereocenters. The Hall–Kier alpha value is -0.840. The van der Waals surface area contributed by atoms with Gasteiger partial charge < -0.3 is 5.32 Å². The molecule has 0 atom stereocenters. The topological polar surface area (TPSA) is 40.7 Å². The number of nitrogens with zero attached hydrogens (tertiary/aromatic N) is 1. The summed E-state index contributed by atoms with van der Waals surface area (Å²) < 4.78 is 0.838. The molecule has 0 saturated carbocycles. The molecular formula is C9H10ClN3S. The van der Waals surface area contributed by atoms with Crippen LogP contribution >= 0.6 is 22.9 Å². The van der Waals surface area contributed by atoms with Gasteiger partial charge in [0.15, 0.2) is 0 Å². The van der Waals surface area contributed by atoms with E-state index in [1.54, 1.807) is 11.3 Å². The normalized spacial score (nSPS) is 10.6.